The van der Waals surface area contributed by atoms with Gasteiger partial charge in [0.05, 0.1) is 23.3 Å². The molecule has 6 heteroatoms. The minimum absolute atomic E-state index is 0.0896. The Morgan fingerprint density at radius 3 is 3.09 bits per heavy atom. The summed E-state index contributed by atoms with van der Waals surface area (Å²) in [6.07, 6.45) is 3.90. The van der Waals surface area contributed by atoms with E-state index in [4.69, 9.17) is 0 Å². The van der Waals surface area contributed by atoms with Gasteiger partial charge in [0.2, 0.25) is 0 Å². The molecule has 4 aromatic rings. The van der Waals surface area contributed by atoms with Crippen molar-refractivity contribution in [3.05, 3.63) is 58.5 Å². The molecule has 0 atom stereocenters. The standard InChI is InChI=1S/C17H16N4OS/c1-10-11(2)19-15-13(10)4-3-5-14(15)16(22)18-8-12-9-21-6-7-23-17(21)20-12/h3-7,9,19H,8H2,1-2H3,(H,18,22). The predicted octanol–water partition coefficient (Wildman–Crippen LogP) is 3.42. The van der Waals surface area contributed by atoms with E-state index in [0.717, 1.165) is 27.3 Å². The molecule has 0 fully saturated rings. The van der Waals surface area contributed by atoms with Crippen molar-refractivity contribution in [3.8, 4) is 0 Å². The van der Waals surface area contributed by atoms with Crippen LogP contribution in [-0.4, -0.2) is 20.3 Å². The molecule has 4 rings (SSSR count). The number of hydrogen-bond donors (Lipinski definition) is 2. The van der Waals surface area contributed by atoms with E-state index in [1.165, 1.54) is 5.56 Å². The fraction of sp³-hybridized carbons (Fsp3) is 0.176. The number of imidazole rings is 1. The lowest BCUT2D eigenvalue weighted by Gasteiger charge is -2.05. The Kier molecular flexibility index (Phi) is 3.20. The van der Waals surface area contributed by atoms with Gasteiger partial charge in [0.1, 0.15) is 0 Å². The van der Waals surface area contributed by atoms with Crippen molar-refractivity contribution in [2.45, 2.75) is 20.4 Å². The Hall–Kier alpha value is -2.60. The zero-order valence-electron chi connectivity index (χ0n) is 12.9. The number of amides is 1. The molecule has 0 saturated heterocycles. The normalized spacial score (nSPS) is 11.4. The molecule has 0 spiro atoms. The van der Waals surface area contributed by atoms with Crippen molar-refractivity contribution in [3.63, 3.8) is 0 Å². The maximum absolute atomic E-state index is 12.5. The lowest BCUT2D eigenvalue weighted by Crippen LogP contribution is -2.23. The number of H-pyrrole nitrogens is 1. The summed E-state index contributed by atoms with van der Waals surface area (Å²) in [5, 5.41) is 6.04. The fourth-order valence-corrected chi connectivity index (χ4v) is 3.52. The zero-order chi connectivity index (χ0) is 16.0. The number of nitrogens with one attached hydrogen (secondary N) is 2. The van der Waals surface area contributed by atoms with E-state index >= 15 is 0 Å². The number of aryl methyl sites for hydroxylation is 2. The van der Waals surface area contributed by atoms with Gasteiger partial charge in [-0.25, -0.2) is 4.98 Å². The molecule has 3 heterocycles. The first kappa shape index (κ1) is 14.0. The van der Waals surface area contributed by atoms with Crippen LogP contribution in [0.2, 0.25) is 0 Å². The van der Waals surface area contributed by atoms with Crippen LogP contribution in [0.5, 0.6) is 0 Å². The lowest BCUT2D eigenvalue weighted by atomic mass is 10.1. The zero-order valence-corrected chi connectivity index (χ0v) is 13.7. The molecule has 1 amide bonds. The van der Waals surface area contributed by atoms with Crippen molar-refractivity contribution < 1.29 is 4.79 Å². The number of carbonyl (C=O) groups excluding carboxylic acids is 1. The molecule has 3 aromatic heterocycles. The number of rotatable bonds is 3. The van der Waals surface area contributed by atoms with E-state index in [9.17, 15) is 4.79 Å². The largest absolute Gasteiger partial charge is 0.358 e. The minimum atomic E-state index is -0.0896. The van der Waals surface area contributed by atoms with Crippen LogP contribution in [0.15, 0.2) is 36.0 Å². The predicted molar refractivity (Wildman–Crippen MR) is 92.0 cm³/mol. The highest BCUT2D eigenvalue weighted by Gasteiger charge is 2.14. The number of aromatic amines is 1. The quantitative estimate of drug-likeness (QED) is 0.606. The van der Waals surface area contributed by atoms with Gasteiger partial charge in [-0.15, -0.1) is 11.3 Å². The third-order valence-electron chi connectivity index (χ3n) is 4.16. The lowest BCUT2D eigenvalue weighted by molar-refractivity contribution is 0.0952. The first-order valence-corrected chi connectivity index (χ1v) is 8.28. The van der Waals surface area contributed by atoms with Crippen molar-refractivity contribution in [1.82, 2.24) is 19.7 Å². The average molecular weight is 324 g/mol. The number of fused-ring (bicyclic) bond motifs is 2. The Balaban J connectivity index is 1.59. The number of carbonyl (C=O) groups is 1. The van der Waals surface area contributed by atoms with Crippen LogP contribution in [0.3, 0.4) is 0 Å². The second-order valence-electron chi connectivity index (χ2n) is 5.61. The molecule has 0 unspecified atom stereocenters. The van der Waals surface area contributed by atoms with Crippen LogP contribution in [0, 0.1) is 13.8 Å². The smallest absolute Gasteiger partial charge is 0.253 e. The Morgan fingerprint density at radius 1 is 1.39 bits per heavy atom. The van der Waals surface area contributed by atoms with Crippen LogP contribution >= 0.6 is 11.3 Å². The third-order valence-corrected chi connectivity index (χ3v) is 4.93. The number of nitrogens with zero attached hydrogens (tertiary/aromatic N) is 2. The van der Waals surface area contributed by atoms with Crippen LogP contribution in [0.1, 0.15) is 27.3 Å². The summed E-state index contributed by atoms with van der Waals surface area (Å²) in [5.41, 5.74) is 4.69. The van der Waals surface area contributed by atoms with Crippen LogP contribution in [-0.2, 0) is 6.54 Å². The van der Waals surface area contributed by atoms with E-state index in [2.05, 4.69) is 22.2 Å². The molecular weight excluding hydrogens is 308 g/mol. The Labute approximate surface area is 137 Å². The van der Waals surface area contributed by atoms with Crippen LogP contribution in [0.25, 0.3) is 15.9 Å². The number of thiazole rings is 1. The first-order valence-electron chi connectivity index (χ1n) is 7.40. The molecule has 0 aliphatic heterocycles. The Morgan fingerprint density at radius 2 is 2.26 bits per heavy atom. The van der Waals surface area contributed by atoms with Gasteiger partial charge in [-0.3, -0.25) is 9.20 Å². The summed E-state index contributed by atoms with van der Waals surface area (Å²) in [6.45, 7) is 4.50. The number of para-hydroxylation sites is 1. The molecule has 0 bridgehead atoms. The van der Waals surface area contributed by atoms with Gasteiger partial charge in [-0.2, -0.15) is 0 Å². The van der Waals surface area contributed by atoms with E-state index in [1.807, 2.05) is 47.3 Å². The number of hydrogen-bond acceptors (Lipinski definition) is 3. The topological polar surface area (TPSA) is 62.2 Å². The molecule has 5 nitrogen and oxygen atoms in total. The van der Waals surface area contributed by atoms with Crippen LogP contribution in [0.4, 0.5) is 0 Å². The summed E-state index contributed by atoms with van der Waals surface area (Å²) in [6, 6.07) is 5.80. The second-order valence-corrected chi connectivity index (χ2v) is 6.48. The molecule has 23 heavy (non-hydrogen) atoms. The first-order chi connectivity index (χ1) is 11.1. The molecule has 0 aliphatic carbocycles. The van der Waals surface area contributed by atoms with Crippen LogP contribution < -0.4 is 5.32 Å². The molecule has 0 saturated carbocycles. The summed E-state index contributed by atoms with van der Waals surface area (Å²) >= 11 is 1.58. The average Bonchev–Trinajstić information content (AvgIpc) is 3.19. The SMILES string of the molecule is Cc1[nH]c2c(C(=O)NCc3cn4ccsc4n3)cccc2c1C. The Bertz CT molecular complexity index is 995. The van der Waals surface area contributed by atoms with Crippen molar-refractivity contribution in [2.24, 2.45) is 0 Å². The molecule has 0 radical (unpaired) electrons. The second kappa shape index (κ2) is 5.24. The van der Waals surface area contributed by atoms with Gasteiger partial charge in [0, 0.05) is 28.9 Å². The van der Waals surface area contributed by atoms with E-state index < -0.39 is 0 Å². The van der Waals surface area contributed by atoms with Gasteiger partial charge in [0.25, 0.3) is 5.91 Å². The minimum Gasteiger partial charge on any atom is -0.358 e. The van der Waals surface area contributed by atoms with Crippen molar-refractivity contribution in [1.29, 1.82) is 0 Å². The van der Waals surface area contributed by atoms with Gasteiger partial charge >= 0.3 is 0 Å². The molecule has 2 N–H and O–H groups in total. The highest BCUT2D eigenvalue weighted by atomic mass is 32.1. The van der Waals surface area contributed by atoms with Crippen molar-refractivity contribution in [2.75, 3.05) is 0 Å². The maximum Gasteiger partial charge on any atom is 0.253 e. The fourth-order valence-electron chi connectivity index (χ4n) is 2.80. The molecule has 116 valence electrons. The van der Waals surface area contributed by atoms with E-state index in [0.29, 0.717) is 12.1 Å². The summed E-state index contributed by atoms with van der Waals surface area (Å²) in [7, 11) is 0. The molecular formula is C17H16N4OS. The van der Waals surface area contributed by atoms with Gasteiger partial charge in [0.15, 0.2) is 4.96 Å². The van der Waals surface area contributed by atoms with E-state index in [-0.39, 0.29) is 5.91 Å². The van der Waals surface area contributed by atoms with E-state index in [1.54, 1.807) is 11.3 Å². The molecule has 0 aliphatic rings. The summed E-state index contributed by atoms with van der Waals surface area (Å²) in [5.74, 6) is -0.0896. The highest BCUT2D eigenvalue weighted by Crippen LogP contribution is 2.24. The van der Waals surface area contributed by atoms with Crippen molar-refractivity contribution >= 4 is 33.1 Å². The van der Waals surface area contributed by atoms with Gasteiger partial charge < -0.3 is 10.3 Å². The summed E-state index contributed by atoms with van der Waals surface area (Å²) in [4.78, 5) is 21.3. The monoisotopic (exact) mass is 324 g/mol. The van der Waals surface area contributed by atoms with Gasteiger partial charge in [-0.05, 0) is 25.5 Å². The highest BCUT2D eigenvalue weighted by molar-refractivity contribution is 7.15. The third kappa shape index (κ3) is 2.31. The summed E-state index contributed by atoms with van der Waals surface area (Å²) < 4.78 is 1.96. The molecule has 1 aromatic carbocycles. The van der Waals surface area contributed by atoms with Gasteiger partial charge in [-0.1, -0.05) is 12.1 Å². The number of aromatic nitrogens is 3. The number of benzene rings is 1. The maximum atomic E-state index is 12.5.